The zero-order valence-electron chi connectivity index (χ0n) is 18.0. The van der Waals surface area contributed by atoms with E-state index in [-0.39, 0.29) is 6.54 Å². The van der Waals surface area contributed by atoms with Gasteiger partial charge in [-0.2, -0.15) is 10.4 Å². The maximum absolute atomic E-state index is 10.7. The number of carbonyl (C=O) groups excluding carboxylic acids is 1. The minimum Gasteiger partial charge on any atom is -0.404 e. The van der Waals surface area contributed by atoms with Crippen LogP contribution in [-0.4, -0.2) is 31.4 Å². The van der Waals surface area contributed by atoms with Crippen LogP contribution >= 0.6 is 0 Å². The molecule has 0 bridgehead atoms. The third-order valence-electron chi connectivity index (χ3n) is 5.25. The van der Waals surface area contributed by atoms with Gasteiger partial charge in [0, 0.05) is 41.9 Å². The molecule has 0 saturated carbocycles. The molecule has 0 spiro atoms. The van der Waals surface area contributed by atoms with E-state index in [0.717, 1.165) is 27.5 Å². The molecule has 0 atom stereocenters. The zero-order chi connectivity index (χ0) is 23.1. The predicted molar refractivity (Wildman–Crippen MR) is 129 cm³/mol. The van der Waals surface area contributed by atoms with Gasteiger partial charge in [0.2, 0.25) is 6.41 Å². The summed E-state index contributed by atoms with van der Waals surface area (Å²) in [7, 11) is 1.67. The number of nitrogens with zero attached hydrogens (tertiary/aromatic N) is 3. The Morgan fingerprint density at radius 1 is 1.16 bits per heavy atom. The van der Waals surface area contributed by atoms with Crippen LogP contribution in [0.5, 0.6) is 0 Å². The van der Waals surface area contributed by atoms with Crippen LogP contribution in [-0.2, 0) is 4.79 Å². The molecule has 160 valence electrons. The molecule has 0 aromatic heterocycles. The summed E-state index contributed by atoms with van der Waals surface area (Å²) in [4.78, 5) is 15.2. The van der Waals surface area contributed by atoms with Crippen molar-refractivity contribution >= 4 is 34.2 Å². The van der Waals surface area contributed by atoms with Gasteiger partial charge in [-0.1, -0.05) is 48.5 Å². The number of nitrogens with two attached hydrogens (primary N) is 2. The fraction of sp³-hybridized carbons (Fsp3) is 0.120. The fourth-order valence-electron chi connectivity index (χ4n) is 3.71. The van der Waals surface area contributed by atoms with Crippen LogP contribution in [0, 0.1) is 18.3 Å². The summed E-state index contributed by atoms with van der Waals surface area (Å²) in [5.74, 6) is 0. The second-order valence-electron chi connectivity index (χ2n) is 7.01. The van der Waals surface area contributed by atoms with E-state index in [0.29, 0.717) is 34.5 Å². The molecule has 5 N–H and O–H groups in total. The van der Waals surface area contributed by atoms with Gasteiger partial charge in [0.25, 0.3) is 0 Å². The number of amides is 1. The molecular formula is C25H24N6O. The monoisotopic (exact) mass is 424 g/mol. The first-order valence-corrected chi connectivity index (χ1v) is 9.98. The number of carbonyl (C=O) groups is 1. The van der Waals surface area contributed by atoms with Crippen molar-refractivity contribution in [3.8, 4) is 6.07 Å². The molecule has 0 aliphatic heterocycles. The van der Waals surface area contributed by atoms with Crippen LogP contribution in [0.1, 0.15) is 27.8 Å². The number of hydrogen-bond donors (Lipinski definition) is 3. The van der Waals surface area contributed by atoms with Crippen molar-refractivity contribution in [3.63, 3.8) is 0 Å². The maximum atomic E-state index is 10.7. The number of benzene rings is 3. The highest BCUT2D eigenvalue weighted by molar-refractivity contribution is 6.33. The Morgan fingerprint density at radius 2 is 1.94 bits per heavy atom. The molecule has 0 fully saturated rings. The molecule has 0 aliphatic rings. The molecule has 7 heteroatoms. The summed E-state index contributed by atoms with van der Waals surface area (Å²) in [6.45, 7) is 2.08. The quantitative estimate of drug-likeness (QED) is 0.306. The Labute approximate surface area is 186 Å². The highest BCUT2D eigenvalue weighted by Crippen LogP contribution is 2.28. The highest BCUT2D eigenvalue weighted by Gasteiger charge is 2.18. The molecule has 0 radical (unpaired) electrons. The van der Waals surface area contributed by atoms with E-state index in [1.54, 1.807) is 7.05 Å². The largest absolute Gasteiger partial charge is 0.404 e. The van der Waals surface area contributed by atoms with Crippen molar-refractivity contribution < 1.29 is 4.79 Å². The number of hydrogen-bond acceptors (Lipinski definition) is 6. The molecule has 3 aromatic carbocycles. The molecule has 1 amide bonds. The summed E-state index contributed by atoms with van der Waals surface area (Å²) in [5.41, 5.74) is 19.8. The summed E-state index contributed by atoms with van der Waals surface area (Å²) in [5, 5.41) is 15.8. The molecule has 0 unspecified atom stereocenters. The molecule has 0 heterocycles. The van der Waals surface area contributed by atoms with Gasteiger partial charge >= 0.3 is 0 Å². The topological polar surface area (TPSA) is 130 Å². The smallest absolute Gasteiger partial charge is 0.227 e. The van der Waals surface area contributed by atoms with E-state index in [1.807, 2.05) is 61.5 Å². The number of aryl methyl sites for hydroxylation is 1. The third-order valence-corrected chi connectivity index (χ3v) is 5.25. The van der Waals surface area contributed by atoms with Gasteiger partial charge in [0.1, 0.15) is 6.07 Å². The predicted octanol–water partition coefficient (Wildman–Crippen LogP) is 2.85. The highest BCUT2D eigenvalue weighted by atomic mass is 16.1. The van der Waals surface area contributed by atoms with Crippen molar-refractivity contribution in [3.05, 3.63) is 88.6 Å². The lowest BCUT2D eigenvalue weighted by Gasteiger charge is -2.16. The lowest BCUT2D eigenvalue weighted by molar-refractivity contribution is -0.109. The minimum atomic E-state index is 0.144. The van der Waals surface area contributed by atoms with Crippen molar-refractivity contribution in [2.45, 2.75) is 6.92 Å². The lowest BCUT2D eigenvalue weighted by atomic mass is 9.89. The first-order valence-electron chi connectivity index (χ1n) is 9.98. The van der Waals surface area contributed by atoms with E-state index in [2.05, 4.69) is 21.6 Å². The Hall–Kier alpha value is -4.28. The Kier molecular flexibility index (Phi) is 7.11. The molecule has 3 rings (SSSR count). The zero-order valence-corrected chi connectivity index (χ0v) is 18.0. The first-order chi connectivity index (χ1) is 15.6. The van der Waals surface area contributed by atoms with E-state index < -0.39 is 0 Å². The van der Waals surface area contributed by atoms with Crippen LogP contribution in [0.15, 0.2) is 70.9 Å². The SMILES string of the molecule is CN=C(/C(=C\N)c1ccc(C)c(/C(CN)=N\NC=O)c1)c1ccc2ccccc2c1C#N. The molecular weight excluding hydrogens is 400 g/mol. The minimum absolute atomic E-state index is 0.144. The van der Waals surface area contributed by atoms with Gasteiger partial charge in [0.05, 0.1) is 17.0 Å². The Bertz CT molecular complexity index is 1300. The number of allylic oxidation sites excluding steroid dienone is 1. The van der Waals surface area contributed by atoms with Crippen molar-refractivity contribution in [1.82, 2.24) is 5.43 Å². The number of nitrogens with one attached hydrogen (secondary N) is 1. The number of fused-ring (bicyclic) bond motifs is 1. The van der Waals surface area contributed by atoms with E-state index in [9.17, 15) is 10.1 Å². The molecule has 32 heavy (non-hydrogen) atoms. The van der Waals surface area contributed by atoms with E-state index in [1.165, 1.54) is 6.20 Å². The van der Waals surface area contributed by atoms with Gasteiger partial charge in [-0.05, 0) is 29.5 Å². The van der Waals surface area contributed by atoms with Crippen LogP contribution in [0.25, 0.3) is 16.3 Å². The van der Waals surface area contributed by atoms with E-state index >= 15 is 0 Å². The van der Waals surface area contributed by atoms with Crippen molar-refractivity contribution in [2.75, 3.05) is 13.6 Å². The van der Waals surface area contributed by atoms with Gasteiger partial charge < -0.3 is 11.5 Å². The summed E-state index contributed by atoms with van der Waals surface area (Å²) in [6.07, 6.45) is 1.97. The third kappa shape index (κ3) is 4.26. The summed E-state index contributed by atoms with van der Waals surface area (Å²) < 4.78 is 0. The number of rotatable bonds is 7. The van der Waals surface area contributed by atoms with Gasteiger partial charge in [-0.3, -0.25) is 9.79 Å². The summed E-state index contributed by atoms with van der Waals surface area (Å²) >= 11 is 0. The number of hydrazone groups is 1. The average molecular weight is 425 g/mol. The molecule has 3 aromatic rings. The van der Waals surface area contributed by atoms with Crippen LogP contribution < -0.4 is 16.9 Å². The van der Waals surface area contributed by atoms with Crippen LogP contribution in [0.2, 0.25) is 0 Å². The second kappa shape index (κ2) is 10.2. The standard InChI is InChI=1S/C25H24N6O/c1-16-7-8-18(11-21(16)24(14-28)31-30-15-32)22(12-26)25(29-2)20-10-9-17-5-3-4-6-19(17)23(20)13-27/h3-12,15H,14,26,28H2,1-2H3,(H,30,32)/b22-12-,29-25?,31-24-. The van der Waals surface area contributed by atoms with Gasteiger partial charge in [-0.25, -0.2) is 5.43 Å². The molecule has 7 nitrogen and oxygen atoms in total. The second-order valence-corrected chi connectivity index (χ2v) is 7.01. The lowest BCUT2D eigenvalue weighted by Crippen LogP contribution is -2.20. The normalized spacial score (nSPS) is 12.5. The van der Waals surface area contributed by atoms with Crippen LogP contribution in [0.4, 0.5) is 0 Å². The number of nitriles is 1. The van der Waals surface area contributed by atoms with Gasteiger partial charge in [-0.15, -0.1) is 0 Å². The van der Waals surface area contributed by atoms with Crippen molar-refractivity contribution in [2.24, 2.45) is 21.6 Å². The first kappa shape index (κ1) is 22.4. The fourth-order valence-corrected chi connectivity index (χ4v) is 3.71. The maximum Gasteiger partial charge on any atom is 0.227 e. The summed E-state index contributed by atoms with van der Waals surface area (Å²) in [6, 6.07) is 19.7. The average Bonchev–Trinajstić information content (AvgIpc) is 2.83. The van der Waals surface area contributed by atoms with Gasteiger partial charge in [0.15, 0.2) is 0 Å². The van der Waals surface area contributed by atoms with Crippen LogP contribution in [0.3, 0.4) is 0 Å². The number of aliphatic imine (C=N–C) groups is 1. The van der Waals surface area contributed by atoms with E-state index in [4.69, 9.17) is 11.5 Å². The Balaban J connectivity index is 2.17. The Morgan fingerprint density at radius 3 is 2.59 bits per heavy atom. The molecule has 0 aliphatic carbocycles. The molecule has 0 saturated heterocycles. The van der Waals surface area contributed by atoms with Crippen molar-refractivity contribution in [1.29, 1.82) is 5.26 Å².